The van der Waals surface area contributed by atoms with Crippen LogP contribution < -0.4 is 10.6 Å². The highest BCUT2D eigenvalue weighted by atomic mass is 32.1. The molecular formula is C23H24F4N4OS. The Morgan fingerprint density at radius 2 is 1.82 bits per heavy atom. The van der Waals surface area contributed by atoms with Crippen LogP contribution in [0.1, 0.15) is 50.9 Å². The van der Waals surface area contributed by atoms with Crippen LogP contribution in [-0.2, 0) is 17.4 Å². The van der Waals surface area contributed by atoms with Gasteiger partial charge in [-0.15, -0.1) is 11.3 Å². The number of carbonyl (C=O) groups excluding carboxylic acids is 1. The van der Waals surface area contributed by atoms with Crippen molar-refractivity contribution in [2.24, 2.45) is 0 Å². The summed E-state index contributed by atoms with van der Waals surface area (Å²) in [6, 6.07) is 6.97. The summed E-state index contributed by atoms with van der Waals surface area (Å²) >= 11 is 1.49. The van der Waals surface area contributed by atoms with Crippen LogP contribution in [0.2, 0.25) is 0 Å². The molecule has 33 heavy (non-hydrogen) atoms. The van der Waals surface area contributed by atoms with Crippen LogP contribution in [0.5, 0.6) is 0 Å². The Hall–Kier alpha value is -2.85. The molecule has 2 atom stereocenters. The van der Waals surface area contributed by atoms with Crippen molar-refractivity contribution >= 4 is 17.2 Å². The molecule has 3 aromatic rings. The second-order valence-electron chi connectivity index (χ2n) is 7.59. The fraction of sp³-hybridized carbons (Fsp3) is 0.348. The summed E-state index contributed by atoms with van der Waals surface area (Å²) in [5, 5.41) is 6.84. The number of hydrogen-bond acceptors (Lipinski definition) is 5. The number of nitrogens with one attached hydrogen (secondary N) is 2. The molecule has 0 saturated heterocycles. The van der Waals surface area contributed by atoms with Crippen molar-refractivity contribution in [1.82, 2.24) is 20.6 Å². The minimum Gasteiger partial charge on any atom is -0.358 e. The van der Waals surface area contributed by atoms with Gasteiger partial charge < -0.3 is 5.32 Å². The topological polar surface area (TPSA) is 66.9 Å². The molecule has 2 aromatic heterocycles. The summed E-state index contributed by atoms with van der Waals surface area (Å²) < 4.78 is 51.8. The van der Waals surface area contributed by atoms with E-state index in [1.807, 2.05) is 13.8 Å². The summed E-state index contributed by atoms with van der Waals surface area (Å²) in [6.45, 7) is 3.76. The maximum atomic E-state index is 13.4. The van der Waals surface area contributed by atoms with Crippen molar-refractivity contribution in [2.45, 2.75) is 44.9 Å². The summed E-state index contributed by atoms with van der Waals surface area (Å²) in [5.41, 5.74) is 1.11. The van der Waals surface area contributed by atoms with Crippen LogP contribution in [0.4, 0.5) is 17.6 Å². The molecule has 2 N–H and O–H groups in total. The first kappa shape index (κ1) is 24.8. The second kappa shape index (κ2) is 10.4. The monoisotopic (exact) mass is 480 g/mol. The molecule has 0 aliphatic rings. The lowest BCUT2D eigenvalue weighted by Gasteiger charge is -2.25. The standard InChI is InChI=1S/C23H24F4N4OS/c1-13-21(33-14(2)30-13)18(10-4-15-5-11-19(29-12-15)23(25,26)27)31-20(22(32)28-3)16-6-8-17(24)9-7-16/h5-9,11-12,18,20,31H,4,10H2,1-3H3,(H,28,32). The van der Waals surface area contributed by atoms with Crippen molar-refractivity contribution in [3.8, 4) is 0 Å². The number of amides is 1. The molecule has 0 bridgehead atoms. The average Bonchev–Trinajstić information content (AvgIpc) is 3.11. The van der Waals surface area contributed by atoms with E-state index in [4.69, 9.17) is 0 Å². The molecule has 0 spiro atoms. The van der Waals surface area contributed by atoms with Gasteiger partial charge >= 0.3 is 6.18 Å². The van der Waals surface area contributed by atoms with Crippen LogP contribution in [0.3, 0.4) is 0 Å². The Labute approximate surface area is 193 Å². The number of aryl methyl sites for hydroxylation is 3. The van der Waals surface area contributed by atoms with Crippen LogP contribution in [0.15, 0.2) is 42.6 Å². The van der Waals surface area contributed by atoms with Gasteiger partial charge in [-0.3, -0.25) is 15.1 Å². The Kier molecular flexibility index (Phi) is 7.80. The predicted octanol–water partition coefficient (Wildman–Crippen LogP) is 5.06. The van der Waals surface area contributed by atoms with E-state index in [2.05, 4.69) is 20.6 Å². The van der Waals surface area contributed by atoms with Crippen molar-refractivity contribution < 1.29 is 22.4 Å². The van der Waals surface area contributed by atoms with Gasteiger partial charge in [-0.1, -0.05) is 18.2 Å². The zero-order valence-electron chi connectivity index (χ0n) is 18.3. The van der Waals surface area contributed by atoms with E-state index in [-0.39, 0.29) is 11.9 Å². The minimum absolute atomic E-state index is 0.290. The number of nitrogens with zero attached hydrogens (tertiary/aromatic N) is 2. The fourth-order valence-corrected chi connectivity index (χ4v) is 4.56. The largest absolute Gasteiger partial charge is 0.433 e. The lowest BCUT2D eigenvalue weighted by Crippen LogP contribution is -2.38. The maximum Gasteiger partial charge on any atom is 0.433 e. The molecule has 10 heteroatoms. The van der Waals surface area contributed by atoms with Crippen molar-refractivity contribution in [3.63, 3.8) is 0 Å². The molecule has 0 aliphatic carbocycles. The lowest BCUT2D eigenvalue weighted by molar-refractivity contribution is -0.141. The Morgan fingerprint density at radius 3 is 2.33 bits per heavy atom. The van der Waals surface area contributed by atoms with E-state index < -0.39 is 23.7 Å². The number of alkyl halides is 3. The number of aromatic nitrogens is 2. The number of benzene rings is 1. The number of rotatable bonds is 8. The third-order valence-electron chi connectivity index (χ3n) is 5.17. The molecule has 1 amide bonds. The van der Waals surface area contributed by atoms with E-state index >= 15 is 0 Å². The molecule has 0 fully saturated rings. The number of halogens is 4. The molecule has 5 nitrogen and oxygen atoms in total. The molecule has 176 valence electrons. The van der Waals surface area contributed by atoms with Crippen molar-refractivity contribution in [1.29, 1.82) is 0 Å². The van der Waals surface area contributed by atoms with Gasteiger partial charge in [0, 0.05) is 24.2 Å². The molecule has 0 radical (unpaired) electrons. The van der Waals surface area contributed by atoms with Crippen LogP contribution in [-0.4, -0.2) is 22.9 Å². The van der Waals surface area contributed by atoms with Gasteiger partial charge in [0.25, 0.3) is 0 Å². The van der Waals surface area contributed by atoms with E-state index in [9.17, 15) is 22.4 Å². The highest BCUT2D eigenvalue weighted by Crippen LogP contribution is 2.32. The molecular weight excluding hydrogens is 456 g/mol. The van der Waals surface area contributed by atoms with Gasteiger partial charge in [0.05, 0.1) is 10.7 Å². The Morgan fingerprint density at radius 1 is 1.12 bits per heavy atom. The van der Waals surface area contributed by atoms with Gasteiger partial charge in [0.2, 0.25) is 5.91 Å². The third-order valence-corrected chi connectivity index (χ3v) is 6.36. The number of hydrogen-bond donors (Lipinski definition) is 2. The quantitative estimate of drug-likeness (QED) is 0.442. The SMILES string of the molecule is CNC(=O)C(NC(CCc1ccc(C(F)(F)F)nc1)c1sc(C)nc1C)c1ccc(F)cc1. The van der Waals surface area contributed by atoms with Gasteiger partial charge in [0.15, 0.2) is 0 Å². The fourth-order valence-electron chi connectivity index (χ4n) is 3.54. The minimum atomic E-state index is -4.49. The smallest absolute Gasteiger partial charge is 0.358 e. The second-order valence-corrected chi connectivity index (χ2v) is 8.82. The number of pyridine rings is 1. The van der Waals surface area contributed by atoms with Gasteiger partial charge in [-0.25, -0.2) is 9.37 Å². The lowest BCUT2D eigenvalue weighted by atomic mass is 10.00. The Bertz CT molecular complexity index is 1080. The van der Waals surface area contributed by atoms with Crippen LogP contribution >= 0.6 is 11.3 Å². The summed E-state index contributed by atoms with van der Waals surface area (Å²) in [5.74, 6) is -0.698. The first-order valence-electron chi connectivity index (χ1n) is 10.3. The Balaban J connectivity index is 1.86. The molecule has 1 aromatic carbocycles. The summed E-state index contributed by atoms with van der Waals surface area (Å²) in [7, 11) is 1.52. The van der Waals surface area contributed by atoms with E-state index in [1.54, 1.807) is 12.1 Å². The van der Waals surface area contributed by atoms with Gasteiger partial charge in [-0.05, 0) is 56.0 Å². The number of thiazole rings is 1. The van der Waals surface area contributed by atoms with Crippen molar-refractivity contribution in [2.75, 3.05) is 7.05 Å². The zero-order valence-corrected chi connectivity index (χ0v) is 19.1. The molecule has 3 rings (SSSR count). The third kappa shape index (κ3) is 6.35. The highest BCUT2D eigenvalue weighted by Gasteiger charge is 2.32. The van der Waals surface area contributed by atoms with E-state index in [1.165, 1.54) is 42.8 Å². The number of carbonyl (C=O) groups is 1. The maximum absolute atomic E-state index is 13.4. The van der Waals surface area contributed by atoms with Crippen LogP contribution in [0, 0.1) is 19.7 Å². The zero-order chi connectivity index (χ0) is 24.2. The predicted molar refractivity (Wildman–Crippen MR) is 118 cm³/mol. The molecule has 0 saturated carbocycles. The first-order valence-corrected chi connectivity index (χ1v) is 11.1. The van der Waals surface area contributed by atoms with Gasteiger partial charge in [-0.2, -0.15) is 13.2 Å². The molecule has 2 heterocycles. The van der Waals surface area contributed by atoms with E-state index in [0.29, 0.717) is 24.0 Å². The first-order chi connectivity index (χ1) is 15.6. The molecule has 2 unspecified atom stereocenters. The average molecular weight is 481 g/mol. The van der Waals surface area contributed by atoms with E-state index in [0.717, 1.165) is 21.6 Å². The molecule has 0 aliphatic heterocycles. The van der Waals surface area contributed by atoms with Gasteiger partial charge in [0.1, 0.15) is 17.6 Å². The normalized spacial score (nSPS) is 13.5. The summed E-state index contributed by atoms with van der Waals surface area (Å²) in [6.07, 6.45) is -2.34. The number of likely N-dealkylation sites (N-methyl/N-ethyl adjacent to an activating group) is 1. The summed E-state index contributed by atoms with van der Waals surface area (Å²) in [4.78, 5) is 21.6. The van der Waals surface area contributed by atoms with Crippen LogP contribution in [0.25, 0.3) is 0 Å². The highest BCUT2D eigenvalue weighted by molar-refractivity contribution is 7.11. The van der Waals surface area contributed by atoms with Crippen molar-refractivity contribution in [3.05, 3.63) is 80.8 Å².